The monoisotopic (exact) mass is 558 g/mol. The fourth-order valence-corrected chi connectivity index (χ4v) is 4.73. The van der Waals surface area contributed by atoms with Gasteiger partial charge in [-0.2, -0.15) is 0 Å². The van der Waals surface area contributed by atoms with Gasteiger partial charge in [-0.15, -0.1) is 24.0 Å². The topological polar surface area (TPSA) is 49.3 Å². The first kappa shape index (κ1) is 27.3. The van der Waals surface area contributed by atoms with E-state index >= 15 is 0 Å². The van der Waals surface area contributed by atoms with E-state index in [1.165, 1.54) is 18.4 Å². The highest BCUT2D eigenvalue weighted by Gasteiger charge is 2.25. The van der Waals surface area contributed by atoms with Crippen LogP contribution in [0.4, 0.5) is 0 Å². The van der Waals surface area contributed by atoms with Crippen molar-refractivity contribution >= 4 is 29.9 Å². The van der Waals surface area contributed by atoms with E-state index < -0.39 is 0 Å². The number of nitrogens with one attached hydrogen (secondary N) is 1. The quantitative estimate of drug-likeness (QED) is 0.278. The highest BCUT2D eigenvalue weighted by Crippen LogP contribution is 2.21. The molecule has 2 fully saturated rings. The van der Waals surface area contributed by atoms with Gasteiger partial charge in [0.15, 0.2) is 5.96 Å². The number of ether oxygens (including phenoxy) is 2. The Bertz CT molecular complexity index is 643. The number of benzene rings is 1. The smallest absolute Gasteiger partial charge is 0.193 e. The van der Waals surface area contributed by atoms with Gasteiger partial charge in [0.2, 0.25) is 0 Å². The minimum atomic E-state index is 0. The summed E-state index contributed by atoms with van der Waals surface area (Å²) in [5, 5.41) is 3.66. The van der Waals surface area contributed by atoms with E-state index in [1.807, 2.05) is 7.05 Å². The molecule has 2 saturated heterocycles. The molecular weight excluding hydrogens is 515 g/mol. The summed E-state index contributed by atoms with van der Waals surface area (Å²) in [7, 11) is 1.89. The van der Waals surface area contributed by atoms with E-state index in [0.29, 0.717) is 18.2 Å². The van der Waals surface area contributed by atoms with Crippen LogP contribution in [0.1, 0.15) is 57.6 Å². The van der Waals surface area contributed by atoms with E-state index in [0.717, 1.165) is 71.2 Å². The number of hydrogen-bond donors (Lipinski definition) is 1. The molecular formula is C25H43IN4O2. The van der Waals surface area contributed by atoms with Crippen LogP contribution >= 0.6 is 24.0 Å². The van der Waals surface area contributed by atoms with E-state index in [1.54, 1.807) is 0 Å². The number of likely N-dealkylation sites (N-methyl/N-ethyl adjacent to an activating group) is 1. The Morgan fingerprint density at radius 2 is 1.88 bits per heavy atom. The first-order valence-corrected chi connectivity index (χ1v) is 12.2. The highest BCUT2D eigenvalue weighted by molar-refractivity contribution is 14.0. The van der Waals surface area contributed by atoms with Gasteiger partial charge in [0.1, 0.15) is 0 Å². The summed E-state index contributed by atoms with van der Waals surface area (Å²) in [6, 6.07) is 11.1. The number of guanidine groups is 1. The molecule has 2 atom stereocenters. The molecule has 2 aliphatic heterocycles. The van der Waals surface area contributed by atoms with Gasteiger partial charge in [0, 0.05) is 33.3 Å². The molecule has 0 spiro atoms. The molecule has 0 bridgehead atoms. The first-order chi connectivity index (χ1) is 15.2. The Morgan fingerprint density at radius 3 is 2.47 bits per heavy atom. The van der Waals surface area contributed by atoms with Crippen molar-refractivity contribution in [2.45, 2.75) is 64.2 Å². The van der Waals surface area contributed by atoms with Crippen molar-refractivity contribution in [1.82, 2.24) is 15.1 Å². The van der Waals surface area contributed by atoms with Crippen LogP contribution in [0.25, 0.3) is 0 Å². The van der Waals surface area contributed by atoms with Crippen LogP contribution < -0.4 is 5.32 Å². The predicted octanol–water partition coefficient (Wildman–Crippen LogP) is 4.31. The van der Waals surface area contributed by atoms with E-state index in [4.69, 9.17) is 9.47 Å². The van der Waals surface area contributed by atoms with Crippen molar-refractivity contribution < 1.29 is 9.47 Å². The molecule has 1 aromatic rings. The number of likely N-dealkylation sites (tertiary alicyclic amines) is 1. The van der Waals surface area contributed by atoms with Gasteiger partial charge in [-0.05, 0) is 50.8 Å². The Kier molecular flexibility index (Phi) is 12.9. The molecule has 32 heavy (non-hydrogen) atoms. The van der Waals surface area contributed by atoms with Gasteiger partial charge in [-0.1, -0.05) is 44.2 Å². The van der Waals surface area contributed by atoms with Crippen molar-refractivity contribution in [2.24, 2.45) is 4.99 Å². The van der Waals surface area contributed by atoms with Crippen LogP contribution in [0.5, 0.6) is 0 Å². The molecule has 7 heteroatoms. The normalized spacial score (nSPS) is 21.3. The van der Waals surface area contributed by atoms with Gasteiger partial charge >= 0.3 is 0 Å². The van der Waals surface area contributed by atoms with Crippen LogP contribution in [0, 0.1) is 0 Å². The second-order valence-corrected chi connectivity index (χ2v) is 8.58. The Hall–Kier alpha value is -0.900. The van der Waals surface area contributed by atoms with E-state index in [-0.39, 0.29) is 24.0 Å². The van der Waals surface area contributed by atoms with E-state index in [9.17, 15) is 0 Å². The third-order valence-corrected chi connectivity index (χ3v) is 6.64. The Morgan fingerprint density at radius 1 is 1.16 bits per heavy atom. The van der Waals surface area contributed by atoms with Gasteiger partial charge in [0.05, 0.1) is 24.9 Å². The predicted molar refractivity (Wildman–Crippen MR) is 143 cm³/mol. The lowest BCUT2D eigenvalue weighted by atomic mass is 10.0. The molecule has 182 valence electrons. The molecule has 0 amide bonds. The van der Waals surface area contributed by atoms with Gasteiger partial charge in [-0.25, -0.2) is 0 Å². The molecule has 2 heterocycles. The van der Waals surface area contributed by atoms with Crippen LogP contribution in [0.15, 0.2) is 35.3 Å². The van der Waals surface area contributed by atoms with Gasteiger partial charge in [-0.3, -0.25) is 9.89 Å². The molecule has 0 radical (unpaired) electrons. The Labute approximate surface area is 212 Å². The molecule has 2 aliphatic rings. The van der Waals surface area contributed by atoms with Crippen LogP contribution in [-0.2, 0) is 9.47 Å². The molecule has 0 aromatic heterocycles. The van der Waals surface area contributed by atoms with Gasteiger partial charge in [0.25, 0.3) is 0 Å². The zero-order chi connectivity index (χ0) is 21.9. The summed E-state index contributed by atoms with van der Waals surface area (Å²) in [6.07, 6.45) is 6.34. The van der Waals surface area contributed by atoms with Crippen LogP contribution in [0.2, 0.25) is 0 Å². The zero-order valence-corrected chi connectivity index (χ0v) is 22.5. The standard InChI is InChI=1S/C25H42N4O2.HI/c1-4-28(5-2)24(21-11-7-6-8-12-21)19-27-25(26-3)29-16-14-22(15-17-29)31-20-23-13-9-10-18-30-23;/h6-8,11-12,22-24H,4-5,9-10,13-20H2,1-3H3,(H,26,27);1H. The van der Waals surface area contributed by atoms with Crippen molar-refractivity contribution in [3.05, 3.63) is 35.9 Å². The summed E-state index contributed by atoms with van der Waals surface area (Å²) < 4.78 is 12.0. The van der Waals surface area contributed by atoms with Crippen molar-refractivity contribution in [3.63, 3.8) is 0 Å². The summed E-state index contributed by atoms with van der Waals surface area (Å²) in [5.41, 5.74) is 1.35. The number of piperidine rings is 1. The maximum atomic E-state index is 6.18. The number of halogens is 1. The molecule has 3 rings (SSSR count). The molecule has 1 N–H and O–H groups in total. The molecule has 0 aliphatic carbocycles. The van der Waals surface area contributed by atoms with Crippen LogP contribution in [-0.4, -0.2) is 81.0 Å². The lowest BCUT2D eigenvalue weighted by Crippen LogP contribution is -2.49. The average molecular weight is 559 g/mol. The second kappa shape index (κ2) is 15.1. The third kappa shape index (κ3) is 8.15. The second-order valence-electron chi connectivity index (χ2n) is 8.58. The molecule has 6 nitrogen and oxygen atoms in total. The van der Waals surface area contributed by atoms with Crippen molar-refractivity contribution in [2.75, 3.05) is 53.0 Å². The van der Waals surface area contributed by atoms with Crippen molar-refractivity contribution in [3.8, 4) is 0 Å². The lowest BCUT2D eigenvalue weighted by molar-refractivity contribution is -0.0721. The SMILES string of the molecule is CCN(CC)C(CNC(=NC)N1CCC(OCC2CCCCO2)CC1)c1ccccc1.I. The zero-order valence-electron chi connectivity index (χ0n) is 20.2. The van der Waals surface area contributed by atoms with Gasteiger partial charge < -0.3 is 19.7 Å². The summed E-state index contributed by atoms with van der Waals surface area (Å²) >= 11 is 0. The summed E-state index contributed by atoms with van der Waals surface area (Å²) in [5.74, 6) is 1.00. The van der Waals surface area contributed by atoms with Crippen LogP contribution in [0.3, 0.4) is 0 Å². The lowest BCUT2D eigenvalue weighted by Gasteiger charge is -2.36. The number of hydrogen-bond acceptors (Lipinski definition) is 4. The fourth-order valence-electron chi connectivity index (χ4n) is 4.73. The Balaban J connectivity index is 0.00000363. The highest BCUT2D eigenvalue weighted by atomic mass is 127. The molecule has 1 aromatic carbocycles. The third-order valence-electron chi connectivity index (χ3n) is 6.64. The first-order valence-electron chi connectivity index (χ1n) is 12.2. The number of aliphatic imine (C=N–C) groups is 1. The summed E-state index contributed by atoms with van der Waals surface area (Å²) in [6.45, 7) is 11.0. The minimum Gasteiger partial charge on any atom is -0.376 e. The number of nitrogens with zero attached hydrogens (tertiary/aromatic N) is 3. The minimum absolute atomic E-state index is 0. The van der Waals surface area contributed by atoms with E-state index in [2.05, 4.69) is 64.3 Å². The van der Waals surface area contributed by atoms with Crippen molar-refractivity contribution in [1.29, 1.82) is 0 Å². The number of rotatable bonds is 9. The maximum Gasteiger partial charge on any atom is 0.193 e. The summed E-state index contributed by atoms with van der Waals surface area (Å²) in [4.78, 5) is 9.46. The maximum absolute atomic E-state index is 6.18. The average Bonchev–Trinajstić information content (AvgIpc) is 2.84. The largest absolute Gasteiger partial charge is 0.376 e. The fraction of sp³-hybridized carbons (Fsp3) is 0.720. The molecule has 0 saturated carbocycles. The molecule has 2 unspecified atom stereocenters.